The van der Waals surface area contributed by atoms with E-state index in [0.717, 1.165) is 57.5 Å². The molecule has 0 atom stereocenters. The summed E-state index contributed by atoms with van der Waals surface area (Å²) < 4.78 is 6.50. The molecule has 6 heteroatoms. The molecular weight excluding hydrogens is 374 g/mol. The number of hydrogen-bond donors (Lipinski definition) is 1. The van der Waals surface area contributed by atoms with E-state index in [-0.39, 0.29) is 0 Å². The molecule has 1 aromatic heterocycles. The predicted octanol–water partition coefficient (Wildman–Crippen LogP) is 3.88. The summed E-state index contributed by atoms with van der Waals surface area (Å²) in [7, 11) is 1.70. The highest BCUT2D eigenvalue weighted by Crippen LogP contribution is 2.31. The van der Waals surface area contributed by atoms with Crippen molar-refractivity contribution in [3.05, 3.63) is 52.3 Å². The average Bonchev–Trinajstić information content (AvgIpc) is 2.61. The molecule has 0 bridgehead atoms. The van der Waals surface area contributed by atoms with Crippen LogP contribution >= 0.6 is 27.7 Å². The molecule has 2 aromatic rings. The van der Waals surface area contributed by atoms with Gasteiger partial charge in [-0.2, -0.15) is 0 Å². The first kappa shape index (κ1) is 16.3. The normalized spacial score (nSPS) is 14.1. The van der Waals surface area contributed by atoms with Gasteiger partial charge in [0.05, 0.1) is 7.11 Å². The van der Waals surface area contributed by atoms with Crippen LogP contribution in [-0.4, -0.2) is 31.0 Å². The molecule has 0 saturated heterocycles. The topological polar surface area (TPSA) is 46.5 Å². The van der Waals surface area contributed by atoms with Gasteiger partial charge >= 0.3 is 0 Å². The van der Waals surface area contributed by atoms with Crippen molar-refractivity contribution in [2.75, 3.05) is 20.2 Å². The van der Waals surface area contributed by atoms with Crippen LogP contribution in [0.1, 0.15) is 17.7 Å². The van der Waals surface area contributed by atoms with Gasteiger partial charge in [0.25, 0.3) is 0 Å². The molecule has 4 nitrogen and oxygen atoms in total. The van der Waals surface area contributed by atoms with Crippen LogP contribution in [0.3, 0.4) is 0 Å². The molecule has 1 aromatic carbocycles. The van der Waals surface area contributed by atoms with E-state index in [0.29, 0.717) is 0 Å². The van der Waals surface area contributed by atoms with Crippen LogP contribution in [0.4, 0.5) is 0 Å². The second-order valence-electron chi connectivity index (χ2n) is 5.11. The van der Waals surface area contributed by atoms with Crippen LogP contribution in [0.15, 0.2) is 50.9 Å². The molecule has 0 unspecified atom stereocenters. The maximum atomic E-state index is 5.45. The van der Waals surface area contributed by atoms with E-state index in [1.54, 1.807) is 18.9 Å². The smallest absolute Gasteiger partial charge is 0.148 e. The van der Waals surface area contributed by atoms with Gasteiger partial charge in [-0.3, -0.25) is 9.98 Å². The van der Waals surface area contributed by atoms with Gasteiger partial charge in [-0.15, -0.1) is 11.8 Å². The van der Waals surface area contributed by atoms with E-state index in [9.17, 15) is 0 Å². The van der Waals surface area contributed by atoms with Crippen LogP contribution in [0.5, 0.6) is 5.75 Å². The molecule has 0 saturated carbocycles. The number of nitrogens with one attached hydrogen (secondary N) is 1. The maximum absolute atomic E-state index is 5.45. The van der Waals surface area contributed by atoms with Gasteiger partial charge in [0.15, 0.2) is 0 Å². The van der Waals surface area contributed by atoms with Crippen LogP contribution in [0.2, 0.25) is 0 Å². The molecular formula is C17H18BrN3OS. The number of nitrogens with zero attached hydrogens (tertiary/aromatic N) is 2. The third-order valence-corrected chi connectivity index (χ3v) is 5.11. The van der Waals surface area contributed by atoms with Crippen molar-refractivity contribution in [1.82, 2.24) is 10.3 Å². The van der Waals surface area contributed by atoms with E-state index in [2.05, 4.69) is 43.4 Å². The Labute approximate surface area is 148 Å². The number of rotatable bonds is 5. The Morgan fingerprint density at radius 2 is 2.26 bits per heavy atom. The minimum Gasteiger partial charge on any atom is -0.496 e. The number of amidine groups is 1. The zero-order valence-corrected chi connectivity index (χ0v) is 15.3. The molecule has 0 spiro atoms. The van der Waals surface area contributed by atoms with E-state index in [1.165, 1.54) is 0 Å². The van der Waals surface area contributed by atoms with Crippen molar-refractivity contribution in [1.29, 1.82) is 0 Å². The van der Waals surface area contributed by atoms with Gasteiger partial charge < -0.3 is 10.1 Å². The molecule has 1 N–H and O–H groups in total. The van der Waals surface area contributed by atoms with Crippen molar-refractivity contribution < 1.29 is 4.74 Å². The lowest BCUT2D eigenvalue weighted by Gasteiger charge is -2.16. The minimum absolute atomic E-state index is 0.814. The SMILES string of the molecule is COc1ccc(Br)cc1CSc1cccnc1C1=NCCCN1. The first-order valence-corrected chi connectivity index (χ1v) is 9.24. The molecule has 0 radical (unpaired) electrons. The number of halogens is 1. The van der Waals surface area contributed by atoms with Gasteiger partial charge in [-0.1, -0.05) is 15.9 Å². The Hall–Kier alpha value is -1.53. The molecule has 2 heterocycles. The van der Waals surface area contributed by atoms with Crippen LogP contribution in [0.25, 0.3) is 0 Å². The summed E-state index contributed by atoms with van der Waals surface area (Å²) in [6, 6.07) is 10.1. The second kappa shape index (κ2) is 7.84. The highest BCUT2D eigenvalue weighted by atomic mass is 79.9. The summed E-state index contributed by atoms with van der Waals surface area (Å²) >= 11 is 5.27. The third-order valence-electron chi connectivity index (χ3n) is 3.52. The summed E-state index contributed by atoms with van der Waals surface area (Å²) in [4.78, 5) is 10.2. The zero-order valence-electron chi connectivity index (χ0n) is 12.9. The largest absolute Gasteiger partial charge is 0.496 e. The molecule has 120 valence electrons. The molecule has 1 aliphatic rings. The molecule has 23 heavy (non-hydrogen) atoms. The summed E-state index contributed by atoms with van der Waals surface area (Å²) in [5, 5.41) is 3.35. The number of thioether (sulfide) groups is 1. The lowest BCUT2D eigenvalue weighted by atomic mass is 10.2. The average molecular weight is 392 g/mol. The quantitative estimate of drug-likeness (QED) is 0.785. The first-order chi connectivity index (χ1) is 11.3. The molecule has 1 aliphatic heterocycles. The molecule has 0 aliphatic carbocycles. The summed E-state index contributed by atoms with van der Waals surface area (Å²) in [5.74, 6) is 2.62. The number of aliphatic imine (C=N–C) groups is 1. The van der Waals surface area contributed by atoms with Gasteiger partial charge in [-0.25, -0.2) is 0 Å². The highest BCUT2D eigenvalue weighted by Gasteiger charge is 2.14. The minimum atomic E-state index is 0.814. The third kappa shape index (κ3) is 4.06. The summed E-state index contributed by atoms with van der Waals surface area (Å²) in [6.45, 7) is 1.82. The Kier molecular flexibility index (Phi) is 5.56. The predicted molar refractivity (Wildman–Crippen MR) is 98.5 cm³/mol. The number of ether oxygens (including phenoxy) is 1. The lowest BCUT2D eigenvalue weighted by Crippen LogP contribution is -2.31. The van der Waals surface area contributed by atoms with E-state index >= 15 is 0 Å². The number of aromatic nitrogens is 1. The summed E-state index contributed by atoms with van der Waals surface area (Å²) in [6.07, 6.45) is 2.89. The van der Waals surface area contributed by atoms with E-state index in [4.69, 9.17) is 4.74 Å². The van der Waals surface area contributed by atoms with Crippen LogP contribution in [0, 0.1) is 0 Å². The number of benzene rings is 1. The number of methoxy groups -OCH3 is 1. The Bertz CT molecular complexity index is 721. The fraction of sp³-hybridized carbons (Fsp3) is 0.294. The molecule has 3 rings (SSSR count). The van der Waals surface area contributed by atoms with Gasteiger partial charge in [-0.05, 0) is 36.8 Å². The fourth-order valence-electron chi connectivity index (χ4n) is 2.39. The molecule has 0 amide bonds. The molecule has 0 fully saturated rings. The van der Waals surface area contributed by atoms with E-state index < -0.39 is 0 Å². The lowest BCUT2D eigenvalue weighted by molar-refractivity contribution is 0.411. The van der Waals surface area contributed by atoms with Crippen molar-refractivity contribution in [2.45, 2.75) is 17.1 Å². The van der Waals surface area contributed by atoms with Crippen molar-refractivity contribution in [3.63, 3.8) is 0 Å². The Morgan fingerprint density at radius 3 is 3.04 bits per heavy atom. The van der Waals surface area contributed by atoms with E-state index in [1.807, 2.05) is 24.4 Å². The summed E-state index contributed by atoms with van der Waals surface area (Å²) in [5.41, 5.74) is 2.09. The monoisotopic (exact) mass is 391 g/mol. The van der Waals surface area contributed by atoms with Crippen LogP contribution in [-0.2, 0) is 5.75 Å². The second-order valence-corrected chi connectivity index (χ2v) is 7.04. The van der Waals surface area contributed by atoms with Crippen molar-refractivity contribution >= 4 is 33.5 Å². The van der Waals surface area contributed by atoms with Gasteiger partial charge in [0.2, 0.25) is 0 Å². The standard InChI is InChI=1S/C17H18BrN3OS/c1-22-14-6-5-13(18)10-12(14)11-23-15-4-2-7-19-16(15)17-20-8-3-9-21-17/h2,4-7,10H,3,8-9,11H2,1H3,(H,20,21). The first-order valence-electron chi connectivity index (χ1n) is 7.47. The Morgan fingerprint density at radius 1 is 1.35 bits per heavy atom. The maximum Gasteiger partial charge on any atom is 0.148 e. The van der Waals surface area contributed by atoms with Crippen molar-refractivity contribution in [2.24, 2.45) is 4.99 Å². The van der Waals surface area contributed by atoms with Gasteiger partial charge in [0.1, 0.15) is 17.3 Å². The Balaban J connectivity index is 1.81. The van der Waals surface area contributed by atoms with Crippen LogP contribution < -0.4 is 10.1 Å². The highest BCUT2D eigenvalue weighted by molar-refractivity contribution is 9.10. The van der Waals surface area contributed by atoms with Crippen molar-refractivity contribution in [3.8, 4) is 5.75 Å². The van der Waals surface area contributed by atoms with Gasteiger partial charge in [0, 0.05) is 40.0 Å². The zero-order chi connectivity index (χ0) is 16.1. The number of hydrogen-bond acceptors (Lipinski definition) is 5. The fourth-order valence-corrected chi connectivity index (χ4v) is 3.80. The number of pyridine rings is 1.